The molecule has 0 unspecified atom stereocenters. The summed E-state index contributed by atoms with van der Waals surface area (Å²) >= 11 is 0. The molecule has 0 radical (unpaired) electrons. The van der Waals surface area contributed by atoms with Crippen LogP contribution in [0.4, 0.5) is 0 Å². The first-order chi connectivity index (χ1) is 9.97. The second-order valence-electron chi connectivity index (χ2n) is 4.80. The van der Waals surface area contributed by atoms with E-state index in [2.05, 4.69) is 10.3 Å². The van der Waals surface area contributed by atoms with E-state index in [1.54, 1.807) is 23.3 Å². The molecule has 0 fully saturated rings. The average molecular weight is 292 g/mol. The van der Waals surface area contributed by atoms with E-state index >= 15 is 0 Å². The Morgan fingerprint density at radius 2 is 2.24 bits per heavy atom. The van der Waals surface area contributed by atoms with Gasteiger partial charge in [0.05, 0.1) is 19.0 Å². The monoisotopic (exact) mass is 292 g/mol. The number of furan rings is 1. The zero-order chi connectivity index (χ0) is 15.4. The van der Waals surface area contributed by atoms with Crippen LogP contribution in [0.2, 0.25) is 0 Å². The van der Waals surface area contributed by atoms with Gasteiger partial charge in [0, 0.05) is 6.04 Å². The summed E-state index contributed by atoms with van der Waals surface area (Å²) in [6.07, 6.45) is 2.78. The maximum absolute atomic E-state index is 12.3. The topological polar surface area (TPSA) is 101 Å². The number of carboxylic acids is 1. The van der Waals surface area contributed by atoms with Gasteiger partial charge in [-0.1, -0.05) is 5.21 Å². The number of amides is 1. The van der Waals surface area contributed by atoms with Crippen LogP contribution in [0.25, 0.3) is 0 Å². The number of carbonyl (C=O) groups is 2. The zero-order valence-corrected chi connectivity index (χ0v) is 11.8. The Kier molecular flexibility index (Phi) is 4.36. The van der Waals surface area contributed by atoms with Crippen LogP contribution in [0.1, 0.15) is 30.1 Å². The van der Waals surface area contributed by atoms with E-state index in [0.717, 1.165) is 0 Å². The molecule has 21 heavy (non-hydrogen) atoms. The van der Waals surface area contributed by atoms with Gasteiger partial charge in [-0.25, -0.2) is 9.48 Å². The van der Waals surface area contributed by atoms with Crippen LogP contribution < -0.4 is 0 Å². The van der Waals surface area contributed by atoms with E-state index < -0.39 is 5.97 Å². The number of hydrogen-bond acceptors (Lipinski definition) is 5. The van der Waals surface area contributed by atoms with Crippen molar-refractivity contribution in [1.82, 2.24) is 19.9 Å². The lowest BCUT2D eigenvalue weighted by molar-refractivity contribution is -0.134. The van der Waals surface area contributed by atoms with Gasteiger partial charge in [-0.05, 0) is 26.0 Å². The second-order valence-corrected chi connectivity index (χ2v) is 4.80. The molecule has 1 N–H and O–H groups in total. The highest BCUT2D eigenvalue weighted by Gasteiger charge is 2.20. The van der Waals surface area contributed by atoms with E-state index in [1.807, 2.05) is 13.8 Å². The van der Waals surface area contributed by atoms with Crippen molar-refractivity contribution in [1.29, 1.82) is 0 Å². The summed E-state index contributed by atoms with van der Waals surface area (Å²) in [5.74, 6) is -0.685. The Labute approximate surface area is 121 Å². The first kappa shape index (κ1) is 14.8. The molecule has 0 bridgehead atoms. The fraction of sp³-hybridized carbons (Fsp3) is 0.385. The largest absolute Gasteiger partial charge is 0.476 e. The molecule has 0 atom stereocenters. The molecule has 0 aliphatic rings. The van der Waals surface area contributed by atoms with Gasteiger partial charge in [0.25, 0.3) is 0 Å². The third kappa shape index (κ3) is 3.68. The number of carbonyl (C=O) groups excluding carboxylic acids is 1. The molecule has 2 aromatic heterocycles. The fourth-order valence-corrected chi connectivity index (χ4v) is 1.83. The number of nitrogens with zero attached hydrogens (tertiary/aromatic N) is 4. The Bertz CT molecular complexity index is 618. The lowest BCUT2D eigenvalue weighted by Crippen LogP contribution is -2.38. The Balaban J connectivity index is 2.05. The van der Waals surface area contributed by atoms with Crippen molar-refractivity contribution < 1.29 is 19.1 Å². The van der Waals surface area contributed by atoms with Gasteiger partial charge in [-0.15, -0.1) is 5.10 Å². The van der Waals surface area contributed by atoms with Crippen LogP contribution >= 0.6 is 0 Å². The fourth-order valence-electron chi connectivity index (χ4n) is 1.83. The molecular weight excluding hydrogens is 276 g/mol. The predicted molar refractivity (Wildman–Crippen MR) is 71.4 cm³/mol. The zero-order valence-electron chi connectivity index (χ0n) is 11.8. The first-order valence-corrected chi connectivity index (χ1v) is 6.42. The van der Waals surface area contributed by atoms with Crippen LogP contribution in [0.5, 0.6) is 0 Å². The van der Waals surface area contributed by atoms with Gasteiger partial charge in [0.2, 0.25) is 5.91 Å². The van der Waals surface area contributed by atoms with Crippen LogP contribution in [-0.2, 0) is 17.9 Å². The van der Waals surface area contributed by atoms with Gasteiger partial charge >= 0.3 is 5.97 Å². The molecule has 0 aliphatic carbocycles. The van der Waals surface area contributed by atoms with E-state index in [4.69, 9.17) is 9.52 Å². The molecule has 2 rings (SSSR count). The Morgan fingerprint density at radius 1 is 1.48 bits per heavy atom. The summed E-state index contributed by atoms with van der Waals surface area (Å²) in [6.45, 7) is 4.07. The molecule has 0 spiro atoms. The van der Waals surface area contributed by atoms with Gasteiger partial charge < -0.3 is 14.4 Å². The summed E-state index contributed by atoms with van der Waals surface area (Å²) in [5.41, 5.74) is -0.190. The highest BCUT2D eigenvalue weighted by atomic mass is 16.4. The van der Waals surface area contributed by atoms with E-state index in [0.29, 0.717) is 12.3 Å². The Hall–Kier alpha value is -2.64. The van der Waals surface area contributed by atoms with Crippen LogP contribution in [0.15, 0.2) is 29.0 Å². The van der Waals surface area contributed by atoms with E-state index in [9.17, 15) is 9.59 Å². The van der Waals surface area contributed by atoms with Crippen LogP contribution in [-0.4, -0.2) is 42.9 Å². The maximum atomic E-state index is 12.3. The van der Waals surface area contributed by atoms with Crippen molar-refractivity contribution in [3.8, 4) is 0 Å². The minimum Gasteiger partial charge on any atom is -0.476 e. The molecule has 112 valence electrons. The van der Waals surface area contributed by atoms with Crippen LogP contribution in [0.3, 0.4) is 0 Å². The normalized spacial score (nSPS) is 10.8. The number of hydrogen-bond donors (Lipinski definition) is 1. The lowest BCUT2D eigenvalue weighted by Gasteiger charge is -2.25. The average Bonchev–Trinajstić information content (AvgIpc) is 3.06. The number of aromatic nitrogens is 3. The third-order valence-electron chi connectivity index (χ3n) is 2.90. The van der Waals surface area contributed by atoms with Crippen molar-refractivity contribution in [2.24, 2.45) is 0 Å². The molecule has 0 saturated carbocycles. The highest BCUT2D eigenvalue weighted by Crippen LogP contribution is 2.10. The van der Waals surface area contributed by atoms with Crippen molar-refractivity contribution in [2.45, 2.75) is 33.0 Å². The predicted octanol–water partition coefficient (Wildman–Crippen LogP) is 1.01. The molecule has 8 heteroatoms. The summed E-state index contributed by atoms with van der Waals surface area (Å²) < 4.78 is 6.46. The smallest absolute Gasteiger partial charge is 0.358 e. The quantitative estimate of drug-likeness (QED) is 0.852. The van der Waals surface area contributed by atoms with Crippen molar-refractivity contribution >= 4 is 11.9 Å². The van der Waals surface area contributed by atoms with Gasteiger partial charge in [-0.3, -0.25) is 4.79 Å². The standard InChI is InChI=1S/C13H16N4O4/c1-9(2)17(6-10-4-3-5-21-10)12(18)8-16-7-11(13(19)20)14-15-16/h3-5,7,9H,6,8H2,1-2H3,(H,19,20). The lowest BCUT2D eigenvalue weighted by atomic mass is 10.3. The maximum Gasteiger partial charge on any atom is 0.358 e. The molecule has 1 amide bonds. The summed E-state index contributed by atoms with van der Waals surface area (Å²) in [6, 6.07) is 3.53. The van der Waals surface area contributed by atoms with E-state index in [-0.39, 0.29) is 24.2 Å². The summed E-state index contributed by atoms with van der Waals surface area (Å²) in [4.78, 5) is 24.7. The SMILES string of the molecule is CC(C)N(Cc1ccco1)C(=O)Cn1cc(C(=O)O)nn1. The summed E-state index contributed by atoms with van der Waals surface area (Å²) in [7, 11) is 0. The number of aromatic carboxylic acids is 1. The molecule has 0 saturated heterocycles. The molecule has 0 aromatic carbocycles. The van der Waals surface area contributed by atoms with Crippen molar-refractivity contribution in [2.75, 3.05) is 0 Å². The summed E-state index contributed by atoms with van der Waals surface area (Å²) in [5, 5.41) is 15.9. The van der Waals surface area contributed by atoms with Gasteiger partial charge in [0.1, 0.15) is 12.3 Å². The van der Waals surface area contributed by atoms with Gasteiger partial charge in [-0.2, -0.15) is 0 Å². The van der Waals surface area contributed by atoms with Crippen molar-refractivity contribution in [3.05, 3.63) is 36.0 Å². The first-order valence-electron chi connectivity index (χ1n) is 6.42. The number of rotatable bonds is 6. The molecule has 0 aliphatic heterocycles. The van der Waals surface area contributed by atoms with Crippen LogP contribution in [0, 0.1) is 0 Å². The van der Waals surface area contributed by atoms with Gasteiger partial charge in [0.15, 0.2) is 5.69 Å². The molecule has 2 heterocycles. The van der Waals surface area contributed by atoms with E-state index in [1.165, 1.54) is 10.9 Å². The number of carboxylic acid groups (broad SMARTS) is 1. The minimum atomic E-state index is -1.18. The second kappa shape index (κ2) is 6.21. The highest BCUT2D eigenvalue weighted by molar-refractivity contribution is 5.84. The Morgan fingerprint density at radius 3 is 2.76 bits per heavy atom. The third-order valence-corrected chi connectivity index (χ3v) is 2.90. The molecule has 2 aromatic rings. The molecular formula is C13H16N4O4. The van der Waals surface area contributed by atoms with Crippen molar-refractivity contribution in [3.63, 3.8) is 0 Å². The minimum absolute atomic E-state index is 0.0231. The molecule has 8 nitrogen and oxygen atoms in total.